The van der Waals surface area contributed by atoms with Gasteiger partial charge >= 0.3 is 0 Å². The Morgan fingerprint density at radius 3 is 2.86 bits per heavy atom. The van der Waals surface area contributed by atoms with Gasteiger partial charge in [-0.3, -0.25) is 4.68 Å². The second-order valence-electron chi connectivity index (χ2n) is 3.24. The molecule has 0 saturated carbocycles. The molecule has 2 heterocycles. The van der Waals surface area contributed by atoms with E-state index in [4.69, 9.17) is 0 Å². The molecule has 0 radical (unpaired) electrons. The van der Waals surface area contributed by atoms with Crippen LogP contribution in [0.1, 0.15) is 5.56 Å². The third-order valence-electron chi connectivity index (χ3n) is 2.03. The Bertz CT molecular complexity index is 414. The number of imidazole rings is 1. The van der Waals surface area contributed by atoms with Gasteiger partial charge in [-0.05, 0) is 0 Å². The fourth-order valence-electron chi connectivity index (χ4n) is 1.28. The van der Waals surface area contributed by atoms with E-state index in [-0.39, 0.29) is 0 Å². The number of nitrogens with zero attached hydrogens (tertiary/aromatic N) is 4. The van der Waals surface area contributed by atoms with E-state index in [2.05, 4.69) is 15.4 Å². The number of anilines is 1. The highest BCUT2D eigenvalue weighted by molar-refractivity contribution is 5.26. The van der Waals surface area contributed by atoms with Crippen LogP contribution < -0.4 is 5.32 Å². The van der Waals surface area contributed by atoms with E-state index in [9.17, 15) is 0 Å². The number of hydrogen-bond donors (Lipinski definition) is 1. The molecule has 0 amide bonds. The van der Waals surface area contributed by atoms with Gasteiger partial charge in [-0.2, -0.15) is 5.10 Å². The lowest BCUT2D eigenvalue weighted by atomic mass is 10.4. The van der Waals surface area contributed by atoms with Crippen LogP contribution in [-0.4, -0.2) is 19.3 Å². The van der Waals surface area contributed by atoms with Gasteiger partial charge in [0, 0.05) is 44.8 Å². The summed E-state index contributed by atoms with van der Waals surface area (Å²) in [7, 11) is 3.86. The van der Waals surface area contributed by atoms with E-state index in [0.29, 0.717) is 0 Å². The van der Waals surface area contributed by atoms with Crippen LogP contribution in [0, 0.1) is 0 Å². The average Bonchev–Trinajstić information content (AvgIpc) is 2.72. The van der Waals surface area contributed by atoms with E-state index < -0.39 is 0 Å². The Hall–Kier alpha value is -1.78. The quantitative estimate of drug-likeness (QED) is 0.779. The molecule has 0 aromatic carbocycles. The predicted molar refractivity (Wildman–Crippen MR) is 53.7 cm³/mol. The lowest BCUT2D eigenvalue weighted by molar-refractivity contribution is 0.767. The lowest BCUT2D eigenvalue weighted by Crippen LogP contribution is -2.03. The van der Waals surface area contributed by atoms with E-state index in [1.807, 2.05) is 37.3 Å². The van der Waals surface area contributed by atoms with Crippen molar-refractivity contribution in [3.8, 4) is 0 Å². The van der Waals surface area contributed by atoms with Crippen LogP contribution in [0.25, 0.3) is 0 Å². The molecule has 0 aliphatic carbocycles. The maximum atomic E-state index is 4.16. The van der Waals surface area contributed by atoms with Crippen molar-refractivity contribution >= 4 is 5.95 Å². The fraction of sp³-hybridized carbons (Fsp3) is 0.333. The number of nitrogens with one attached hydrogen (secondary N) is 1. The highest BCUT2D eigenvalue weighted by Crippen LogP contribution is 2.04. The fourth-order valence-corrected chi connectivity index (χ4v) is 1.28. The molecule has 0 atom stereocenters. The van der Waals surface area contributed by atoms with Gasteiger partial charge in [0.05, 0.1) is 6.20 Å². The Kier molecular flexibility index (Phi) is 2.22. The molecule has 0 spiro atoms. The number of hydrogen-bond acceptors (Lipinski definition) is 3. The third kappa shape index (κ3) is 1.76. The molecule has 0 aliphatic rings. The van der Waals surface area contributed by atoms with Crippen molar-refractivity contribution in [3.05, 3.63) is 30.4 Å². The van der Waals surface area contributed by atoms with Gasteiger partial charge in [0.15, 0.2) is 0 Å². The molecule has 0 bridgehead atoms. The summed E-state index contributed by atoms with van der Waals surface area (Å²) in [4.78, 5) is 4.16. The second kappa shape index (κ2) is 3.53. The van der Waals surface area contributed by atoms with Crippen LogP contribution in [0.4, 0.5) is 5.95 Å². The monoisotopic (exact) mass is 191 g/mol. The van der Waals surface area contributed by atoms with Crippen LogP contribution in [0.3, 0.4) is 0 Å². The average molecular weight is 191 g/mol. The number of rotatable bonds is 3. The van der Waals surface area contributed by atoms with Crippen molar-refractivity contribution in [2.45, 2.75) is 6.54 Å². The first-order valence-corrected chi connectivity index (χ1v) is 4.44. The normalized spacial score (nSPS) is 10.4. The zero-order valence-corrected chi connectivity index (χ0v) is 8.31. The van der Waals surface area contributed by atoms with Crippen LogP contribution in [-0.2, 0) is 20.6 Å². The van der Waals surface area contributed by atoms with Crippen molar-refractivity contribution in [2.24, 2.45) is 14.1 Å². The molecule has 2 aromatic heterocycles. The Balaban J connectivity index is 1.98. The zero-order chi connectivity index (χ0) is 9.97. The summed E-state index contributed by atoms with van der Waals surface area (Å²) in [6.45, 7) is 0.749. The zero-order valence-electron chi connectivity index (χ0n) is 8.31. The molecule has 2 rings (SSSR count). The van der Waals surface area contributed by atoms with Crippen LogP contribution in [0.2, 0.25) is 0 Å². The lowest BCUT2D eigenvalue weighted by Gasteiger charge is -2.03. The van der Waals surface area contributed by atoms with Crippen LogP contribution >= 0.6 is 0 Å². The highest BCUT2D eigenvalue weighted by atomic mass is 15.2. The summed E-state index contributed by atoms with van der Waals surface area (Å²) in [5.41, 5.74) is 1.15. The smallest absolute Gasteiger partial charge is 0.202 e. The SMILES string of the molecule is Cn1cc(CNc2nccn2C)cn1. The van der Waals surface area contributed by atoms with E-state index in [0.717, 1.165) is 18.1 Å². The van der Waals surface area contributed by atoms with Gasteiger partial charge in [-0.25, -0.2) is 4.98 Å². The summed E-state index contributed by atoms with van der Waals surface area (Å²) in [5, 5.41) is 7.31. The summed E-state index contributed by atoms with van der Waals surface area (Å²) >= 11 is 0. The summed E-state index contributed by atoms with van der Waals surface area (Å²) in [5.74, 6) is 0.869. The van der Waals surface area contributed by atoms with Crippen molar-refractivity contribution in [1.29, 1.82) is 0 Å². The first-order valence-electron chi connectivity index (χ1n) is 4.44. The Morgan fingerprint density at radius 2 is 2.29 bits per heavy atom. The number of aryl methyl sites for hydroxylation is 2. The van der Waals surface area contributed by atoms with Gasteiger partial charge in [0.1, 0.15) is 0 Å². The largest absolute Gasteiger partial charge is 0.351 e. The van der Waals surface area contributed by atoms with Gasteiger partial charge in [-0.15, -0.1) is 0 Å². The third-order valence-corrected chi connectivity index (χ3v) is 2.03. The van der Waals surface area contributed by atoms with Crippen molar-refractivity contribution in [1.82, 2.24) is 19.3 Å². The van der Waals surface area contributed by atoms with Crippen LogP contribution in [0.15, 0.2) is 24.8 Å². The topological polar surface area (TPSA) is 47.7 Å². The molecule has 0 fully saturated rings. The van der Waals surface area contributed by atoms with Gasteiger partial charge in [0.2, 0.25) is 5.95 Å². The number of aromatic nitrogens is 4. The van der Waals surface area contributed by atoms with E-state index in [1.54, 1.807) is 10.9 Å². The Morgan fingerprint density at radius 1 is 1.43 bits per heavy atom. The van der Waals surface area contributed by atoms with Crippen LogP contribution in [0.5, 0.6) is 0 Å². The molecular formula is C9H13N5. The molecule has 5 heteroatoms. The minimum atomic E-state index is 0.749. The minimum absolute atomic E-state index is 0.749. The molecule has 14 heavy (non-hydrogen) atoms. The molecule has 0 saturated heterocycles. The summed E-state index contributed by atoms with van der Waals surface area (Å²) in [6.07, 6.45) is 7.50. The summed E-state index contributed by atoms with van der Waals surface area (Å²) in [6, 6.07) is 0. The van der Waals surface area contributed by atoms with Crippen molar-refractivity contribution in [3.63, 3.8) is 0 Å². The van der Waals surface area contributed by atoms with Gasteiger partial charge in [0.25, 0.3) is 0 Å². The molecule has 0 aliphatic heterocycles. The van der Waals surface area contributed by atoms with Crippen molar-refractivity contribution in [2.75, 3.05) is 5.32 Å². The first kappa shape index (κ1) is 8.80. The summed E-state index contributed by atoms with van der Waals surface area (Å²) < 4.78 is 3.73. The molecule has 0 unspecified atom stereocenters. The predicted octanol–water partition coefficient (Wildman–Crippen LogP) is 0.766. The van der Waals surface area contributed by atoms with Crippen molar-refractivity contribution < 1.29 is 0 Å². The molecule has 5 nitrogen and oxygen atoms in total. The standard InChI is InChI=1S/C9H13N5/c1-13-4-3-10-9(13)11-5-8-6-12-14(2)7-8/h3-4,6-7H,5H2,1-2H3,(H,10,11). The van der Waals surface area contributed by atoms with E-state index >= 15 is 0 Å². The Labute approximate surface area is 82.4 Å². The highest BCUT2D eigenvalue weighted by Gasteiger charge is 1.99. The molecule has 2 aromatic rings. The maximum Gasteiger partial charge on any atom is 0.202 e. The van der Waals surface area contributed by atoms with Gasteiger partial charge in [-0.1, -0.05) is 0 Å². The maximum absolute atomic E-state index is 4.16. The van der Waals surface area contributed by atoms with Gasteiger partial charge < -0.3 is 9.88 Å². The molecular weight excluding hydrogens is 178 g/mol. The molecule has 74 valence electrons. The second-order valence-corrected chi connectivity index (χ2v) is 3.24. The minimum Gasteiger partial charge on any atom is -0.351 e. The van der Waals surface area contributed by atoms with E-state index in [1.165, 1.54) is 0 Å². The first-order chi connectivity index (χ1) is 6.75. The molecule has 1 N–H and O–H groups in total.